The predicted octanol–water partition coefficient (Wildman–Crippen LogP) is 1.72. The zero-order valence-electron chi connectivity index (χ0n) is 18.6. The minimum atomic E-state index is -0.519. The van der Waals surface area contributed by atoms with Crippen LogP contribution in [0.3, 0.4) is 0 Å². The van der Waals surface area contributed by atoms with E-state index in [0.717, 1.165) is 49.2 Å². The van der Waals surface area contributed by atoms with E-state index in [0.29, 0.717) is 31.7 Å². The summed E-state index contributed by atoms with van der Waals surface area (Å²) in [7, 11) is 0. The maximum Gasteiger partial charge on any atom is 0.328 e. The van der Waals surface area contributed by atoms with Gasteiger partial charge < -0.3 is 14.8 Å². The molecule has 0 bridgehead atoms. The molecule has 2 heterocycles. The van der Waals surface area contributed by atoms with Gasteiger partial charge in [0.15, 0.2) is 0 Å². The number of hydrogen-bond acceptors (Lipinski definition) is 4. The molecule has 0 spiro atoms. The average Bonchev–Trinajstić information content (AvgIpc) is 3.68. The van der Waals surface area contributed by atoms with Crippen molar-refractivity contribution in [3.63, 3.8) is 0 Å². The van der Waals surface area contributed by atoms with Crippen LogP contribution in [0.1, 0.15) is 38.5 Å². The van der Waals surface area contributed by atoms with E-state index in [-0.39, 0.29) is 41.5 Å². The highest BCUT2D eigenvalue weighted by Gasteiger charge is 2.36. The number of amides is 2. The average molecular weight is 457 g/mol. The van der Waals surface area contributed by atoms with Crippen molar-refractivity contribution in [2.75, 3.05) is 26.2 Å². The molecular weight excluding hydrogens is 427 g/mol. The molecule has 2 aliphatic carbocycles. The van der Waals surface area contributed by atoms with Crippen LogP contribution in [-0.2, 0) is 16.1 Å². The Bertz CT molecular complexity index is 1190. The van der Waals surface area contributed by atoms with E-state index in [1.165, 1.54) is 12.1 Å². The zero-order valence-corrected chi connectivity index (χ0v) is 18.6. The van der Waals surface area contributed by atoms with Crippen LogP contribution in [0.5, 0.6) is 0 Å². The first-order valence-electron chi connectivity index (χ1n) is 11.9. The molecule has 1 saturated heterocycles. The van der Waals surface area contributed by atoms with E-state index < -0.39 is 17.1 Å². The van der Waals surface area contributed by atoms with E-state index in [4.69, 9.17) is 0 Å². The second kappa shape index (κ2) is 8.76. The number of fused-ring (bicyclic) bond motifs is 1. The fraction of sp³-hybridized carbons (Fsp3) is 0.583. The van der Waals surface area contributed by atoms with Crippen LogP contribution >= 0.6 is 0 Å². The van der Waals surface area contributed by atoms with Gasteiger partial charge in [-0.1, -0.05) is 0 Å². The molecule has 5 rings (SSSR count). The molecule has 0 unspecified atom stereocenters. The lowest BCUT2D eigenvalue weighted by Crippen LogP contribution is -2.52. The second-order valence-electron chi connectivity index (χ2n) is 9.68. The minimum Gasteiger partial charge on any atom is -0.339 e. The maximum atomic E-state index is 13.6. The number of benzene rings is 1. The molecule has 1 aromatic heterocycles. The summed E-state index contributed by atoms with van der Waals surface area (Å²) in [5.74, 6) is 0.158. The van der Waals surface area contributed by atoms with Gasteiger partial charge in [-0.25, -0.2) is 9.18 Å². The van der Waals surface area contributed by atoms with Gasteiger partial charge in [0.25, 0.3) is 5.56 Å². The summed E-state index contributed by atoms with van der Waals surface area (Å²) in [6.07, 6.45) is 4.94. The number of nitrogens with one attached hydrogen (secondary N) is 1. The van der Waals surface area contributed by atoms with Crippen molar-refractivity contribution < 1.29 is 14.0 Å². The van der Waals surface area contributed by atoms with Crippen LogP contribution in [0.4, 0.5) is 4.39 Å². The molecular formula is C24H29FN4O4. The molecule has 0 atom stereocenters. The van der Waals surface area contributed by atoms with Crippen molar-refractivity contribution >= 4 is 22.7 Å². The highest BCUT2D eigenvalue weighted by molar-refractivity contribution is 5.82. The highest BCUT2D eigenvalue weighted by Crippen LogP contribution is 2.33. The third kappa shape index (κ3) is 4.45. The molecule has 2 amide bonds. The molecule has 176 valence electrons. The number of rotatable bonds is 4. The van der Waals surface area contributed by atoms with Crippen LogP contribution in [0.15, 0.2) is 27.8 Å². The Labute approximate surface area is 190 Å². The van der Waals surface area contributed by atoms with Crippen molar-refractivity contribution in [3.8, 4) is 0 Å². The molecule has 0 radical (unpaired) electrons. The Morgan fingerprint density at radius 1 is 0.879 bits per heavy atom. The van der Waals surface area contributed by atoms with Gasteiger partial charge in [0.2, 0.25) is 11.8 Å². The zero-order chi connectivity index (χ0) is 23.1. The first-order chi connectivity index (χ1) is 15.9. The molecule has 1 N–H and O–H groups in total. The summed E-state index contributed by atoms with van der Waals surface area (Å²) >= 11 is 0. The third-order valence-electron chi connectivity index (χ3n) is 7.41. The summed E-state index contributed by atoms with van der Waals surface area (Å²) in [6.45, 7) is 2.68. The monoisotopic (exact) mass is 456 g/mol. The highest BCUT2D eigenvalue weighted by atomic mass is 19.1. The van der Waals surface area contributed by atoms with Gasteiger partial charge in [0, 0.05) is 44.6 Å². The fourth-order valence-electron chi connectivity index (χ4n) is 5.23. The standard InChI is InChI=1S/C24H29FN4O4/c25-18-7-8-20-19(13-18)23(32)29(24(33)26-20)14-15-1-3-16(4-2-15)21(30)27-9-11-28(12-10-27)22(31)17-5-6-17/h7-8,13,15-17H,1-6,9-12,14H2,(H,26,33)/t15-,16-. The Balaban J connectivity index is 1.17. The molecule has 3 aliphatic rings. The van der Waals surface area contributed by atoms with E-state index in [1.807, 2.05) is 9.80 Å². The largest absolute Gasteiger partial charge is 0.339 e. The number of nitrogens with zero attached hydrogens (tertiary/aromatic N) is 3. The van der Waals surface area contributed by atoms with Crippen LogP contribution in [0.2, 0.25) is 0 Å². The van der Waals surface area contributed by atoms with E-state index >= 15 is 0 Å². The summed E-state index contributed by atoms with van der Waals surface area (Å²) in [5, 5.41) is 0.165. The number of hydrogen-bond donors (Lipinski definition) is 1. The van der Waals surface area contributed by atoms with Gasteiger partial charge in [-0.3, -0.25) is 19.0 Å². The van der Waals surface area contributed by atoms with Gasteiger partial charge in [-0.05, 0) is 62.6 Å². The molecule has 1 aromatic carbocycles. The lowest BCUT2D eigenvalue weighted by molar-refractivity contribution is -0.143. The van der Waals surface area contributed by atoms with Gasteiger partial charge in [-0.15, -0.1) is 0 Å². The van der Waals surface area contributed by atoms with E-state index in [1.54, 1.807) is 0 Å². The third-order valence-corrected chi connectivity index (χ3v) is 7.41. The fourth-order valence-corrected chi connectivity index (χ4v) is 5.23. The Morgan fingerprint density at radius 2 is 1.42 bits per heavy atom. The molecule has 9 heteroatoms. The summed E-state index contributed by atoms with van der Waals surface area (Å²) in [5.41, 5.74) is -0.642. The first kappa shape index (κ1) is 21.9. The Kier molecular flexibility index (Phi) is 5.80. The topological polar surface area (TPSA) is 95.5 Å². The first-order valence-corrected chi connectivity index (χ1v) is 11.9. The van der Waals surface area contributed by atoms with Gasteiger partial charge in [-0.2, -0.15) is 0 Å². The van der Waals surface area contributed by atoms with Crippen molar-refractivity contribution in [1.82, 2.24) is 19.4 Å². The summed E-state index contributed by atoms with van der Waals surface area (Å²) < 4.78 is 14.7. The van der Waals surface area contributed by atoms with Gasteiger partial charge in [0.05, 0.1) is 10.9 Å². The quantitative estimate of drug-likeness (QED) is 0.758. The second-order valence-corrected chi connectivity index (χ2v) is 9.68. The number of halogens is 1. The summed E-state index contributed by atoms with van der Waals surface area (Å²) in [6, 6.07) is 3.76. The molecule has 8 nitrogen and oxygen atoms in total. The lowest BCUT2D eigenvalue weighted by Gasteiger charge is -2.38. The van der Waals surface area contributed by atoms with Crippen LogP contribution in [-0.4, -0.2) is 57.3 Å². The van der Waals surface area contributed by atoms with Crippen LogP contribution in [0.25, 0.3) is 10.9 Å². The van der Waals surface area contributed by atoms with E-state index in [9.17, 15) is 23.6 Å². The number of aromatic nitrogens is 2. The number of piperazine rings is 1. The molecule has 3 fully saturated rings. The number of carbonyl (C=O) groups is 2. The molecule has 2 saturated carbocycles. The van der Waals surface area contributed by atoms with Crippen LogP contribution < -0.4 is 11.2 Å². The Morgan fingerprint density at radius 3 is 1.97 bits per heavy atom. The number of carbonyl (C=O) groups excluding carboxylic acids is 2. The minimum absolute atomic E-state index is 0.0485. The Hall–Kier alpha value is -2.97. The predicted molar refractivity (Wildman–Crippen MR) is 120 cm³/mol. The van der Waals surface area contributed by atoms with Crippen LogP contribution in [0, 0.1) is 23.6 Å². The normalized spacial score (nSPS) is 23.7. The van der Waals surface area contributed by atoms with Gasteiger partial charge >= 0.3 is 5.69 Å². The lowest BCUT2D eigenvalue weighted by atomic mass is 9.81. The maximum absolute atomic E-state index is 13.6. The van der Waals surface area contributed by atoms with Crippen molar-refractivity contribution in [2.24, 2.45) is 17.8 Å². The molecule has 2 aromatic rings. The number of aromatic amines is 1. The number of H-pyrrole nitrogens is 1. The van der Waals surface area contributed by atoms with Crippen molar-refractivity contribution in [3.05, 3.63) is 44.9 Å². The molecule has 1 aliphatic heterocycles. The van der Waals surface area contributed by atoms with Crippen molar-refractivity contribution in [1.29, 1.82) is 0 Å². The smallest absolute Gasteiger partial charge is 0.328 e. The van der Waals surface area contributed by atoms with Gasteiger partial charge in [0.1, 0.15) is 5.82 Å². The van der Waals surface area contributed by atoms with E-state index in [2.05, 4.69) is 4.98 Å². The SMILES string of the molecule is O=C(C1CC1)N1CCN(C(=O)[C@H]2CC[C@H](Cn3c(=O)[nH]c4ccc(F)cc4c3=O)CC2)CC1. The van der Waals surface area contributed by atoms with Crippen molar-refractivity contribution in [2.45, 2.75) is 45.1 Å². The molecule has 33 heavy (non-hydrogen) atoms. The summed E-state index contributed by atoms with van der Waals surface area (Å²) in [4.78, 5) is 56.9.